The molecule has 0 bridgehead atoms. The first-order chi connectivity index (χ1) is 14.9. The van der Waals surface area contributed by atoms with Crippen molar-refractivity contribution in [2.24, 2.45) is 4.99 Å². The molecule has 3 rings (SSSR count). The molecule has 1 aliphatic rings. The van der Waals surface area contributed by atoms with E-state index in [4.69, 9.17) is 21.1 Å². The third-order valence-electron chi connectivity index (χ3n) is 3.90. The number of carbonyl (C=O) groups excluding carboxylic acids is 2. The van der Waals surface area contributed by atoms with Gasteiger partial charge in [0.25, 0.3) is 5.91 Å². The molecule has 0 radical (unpaired) electrons. The molecule has 1 fully saturated rings. The average Bonchev–Trinajstić information content (AvgIpc) is 3.07. The highest BCUT2D eigenvalue weighted by Gasteiger charge is 2.24. The van der Waals surface area contributed by atoms with Gasteiger partial charge in [0, 0.05) is 0 Å². The number of methoxy groups -OCH3 is 1. The number of hydrogen-bond donors (Lipinski definition) is 1. The van der Waals surface area contributed by atoms with Gasteiger partial charge in [0.1, 0.15) is 5.82 Å². The number of aliphatic imine (C=N–C) groups is 1. The van der Waals surface area contributed by atoms with Gasteiger partial charge in [-0.3, -0.25) is 4.79 Å². The molecule has 1 aliphatic heterocycles. The maximum atomic E-state index is 13.0. The summed E-state index contributed by atoms with van der Waals surface area (Å²) < 4.78 is 28.6. The molecule has 7 nitrogen and oxygen atoms in total. The summed E-state index contributed by atoms with van der Waals surface area (Å²) in [5.41, 5.74) is 1.11. The lowest BCUT2D eigenvalue weighted by molar-refractivity contribution is -0.142. The minimum Gasteiger partial charge on any atom is -0.490 e. The van der Waals surface area contributed by atoms with Crippen LogP contribution in [0.5, 0.6) is 11.5 Å². The van der Waals surface area contributed by atoms with Crippen molar-refractivity contribution in [3.63, 3.8) is 0 Å². The van der Waals surface area contributed by atoms with Crippen LogP contribution < -0.4 is 14.8 Å². The first-order valence-electron chi connectivity index (χ1n) is 9.10. The largest absolute Gasteiger partial charge is 0.490 e. The van der Waals surface area contributed by atoms with Gasteiger partial charge < -0.3 is 19.5 Å². The van der Waals surface area contributed by atoms with E-state index in [1.807, 2.05) is 0 Å². The van der Waals surface area contributed by atoms with E-state index in [0.29, 0.717) is 33.7 Å². The number of benzene rings is 2. The van der Waals surface area contributed by atoms with E-state index in [2.05, 4.69) is 15.0 Å². The predicted octanol–water partition coefficient (Wildman–Crippen LogP) is 4.32. The Morgan fingerprint density at radius 3 is 2.68 bits per heavy atom. The number of esters is 1. The molecule has 0 atom stereocenters. The van der Waals surface area contributed by atoms with E-state index in [9.17, 15) is 14.0 Å². The maximum absolute atomic E-state index is 13.0. The highest BCUT2D eigenvalue weighted by Crippen LogP contribution is 2.38. The summed E-state index contributed by atoms with van der Waals surface area (Å²) in [4.78, 5) is 28.4. The lowest BCUT2D eigenvalue weighted by Gasteiger charge is -2.14. The Labute approximate surface area is 187 Å². The summed E-state index contributed by atoms with van der Waals surface area (Å²) in [6.45, 7) is 1.81. The summed E-state index contributed by atoms with van der Waals surface area (Å²) in [6, 6.07) is 8.85. The van der Waals surface area contributed by atoms with Gasteiger partial charge in [-0.05, 0) is 66.7 Å². The van der Waals surface area contributed by atoms with Crippen LogP contribution in [0.4, 0.5) is 10.1 Å². The first-order valence-corrected chi connectivity index (χ1v) is 10.3. The molecule has 1 heterocycles. The minimum atomic E-state index is -0.559. The van der Waals surface area contributed by atoms with Gasteiger partial charge in [-0.25, -0.2) is 14.2 Å². The van der Waals surface area contributed by atoms with Gasteiger partial charge in [-0.1, -0.05) is 11.6 Å². The lowest BCUT2D eigenvalue weighted by Crippen LogP contribution is -2.19. The third kappa shape index (κ3) is 5.99. The van der Waals surface area contributed by atoms with Gasteiger partial charge in [0.2, 0.25) is 0 Å². The Balaban J connectivity index is 1.84. The second-order valence-electron chi connectivity index (χ2n) is 6.09. The van der Waals surface area contributed by atoms with Crippen LogP contribution in [0.1, 0.15) is 12.5 Å². The van der Waals surface area contributed by atoms with Crippen LogP contribution in [-0.2, 0) is 14.3 Å². The summed E-state index contributed by atoms with van der Waals surface area (Å²) >= 11 is 7.46. The zero-order valence-corrected chi connectivity index (χ0v) is 18.2. The molecular formula is C21H18ClFN2O5S. The van der Waals surface area contributed by atoms with Gasteiger partial charge in [-0.15, -0.1) is 0 Å². The number of thioether (sulfide) groups is 1. The minimum absolute atomic E-state index is 0.207. The number of hydrogen-bond acceptors (Lipinski definition) is 7. The second-order valence-corrected chi connectivity index (χ2v) is 7.52. The van der Waals surface area contributed by atoms with Crippen molar-refractivity contribution in [2.75, 3.05) is 20.3 Å². The van der Waals surface area contributed by atoms with Crippen molar-refractivity contribution in [2.45, 2.75) is 6.92 Å². The monoisotopic (exact) mass is 464 g/mol. The van der Waals surface area contributed by atoms with Crippen molar-refractivity contribution in [1.29, 1.82) is 0 Å². The lowest BCUT2D eigenvalue weighted by atomic mass is 10.2. The van der Waals surface area contributed by atoms with Crippen LogP contribution in [0.2, 0.25) is 5.02 Å². The predicted molar refractivity (Wildman–Crippen MR) is 117 cm³/mol. The summed E-state index contributed by atoms with van der Waals surface area (Å²) in [5, 5.41) is 3.25. The van der Waals surface area contributed by atoms with Crippen molar-refractivity contribution in [3.8, 4) is 11.5 Å². The zero-order chi connectivity index (χ0) is 22.4. The molecule has 1 N–H and O–H groups in total. The first kappa shape index (κ1) is 22.6. The maximum Gasteiger partial charge on any atom is 0.343 e. The highest BCUT2D eigenvalue weighted by molar-refractivity contribution is 8.18. The number of amidine groups is 1. The van der Waals surface area contributed by atoms with Gasteiger partial charge in [0.05, 0.1) is 29.3 Å². The SMILES string of the molecule is CCOc1cc(/C=C2/SC(=Nc3ccc(F)cc3)NC2=O)cc(Cl)c1OCC(=O)OC. The average molecular weight is 465 g/mol. The topological polar surface area (TPSA) is 86.2 Å². The number of rotatable bonds is 7. The van der Waals surface area contributed by atoms with E-state index in [0.717, 1.165) is 11.8 Å². The number of nitrogens with zero attached hydrogens (tertiary/aromatic N) is 1. The fraction of sp³-hybridized carbons (Fsp3) is 0.190. The van der Waals surface area contributed by atoms with Crippen molar-refractivity contribution in [1.82, 2.24) is 5.32 Å². The molecule has 31 heavy (non-hydrogen) atoms. The molecule has 1 amide bonds. The molecule has 0 aliphatic carbocycles. The van der Waals surface area contributed by atoms with E-state index in [1.165, 1.54) is 31.4 Å². The Morgan fingerprint density at radius 1 is 1.26 bits per heavy atom. The number of carbonyl (C=O) groups is 2. The van der Waals surface area contributed by atoms with Crippen molar-refractivity contribution < 1.29 is 28.2 Å². The van der Waals surface area contributed by atoms with E-state index >= 15 is 0 Å². The van der Waals surface area contributed by atoms with Crippen molar-refractivity contribution >= 4 is 52.2 Å². The Morgan fingerprint density at radius 2 is 2.00 bits per heavy atom. The van der Waals surface area contributed by atoms with E-state index in [-0.39, 0.29) is 29.1 Å². The van der Waals surface area contributed by atoms with E-state index in [1.54, 1.807) is 25.1 Å². The molecule has 0 unspecified atom stereocenters. The Kier molecular flexibility index (Phi) is 7.54. The van der Waals surface area contributed by atoms with Crippen LogP contribution in [-0.4, -0.2) is 37.4 Å². The number of amides is 1. The van der Waals surface area contributed by atoms with Crippen LogP contribution in [0, 0.1) is 5.82 Å². The molecule has 2 aromatic carbocycles. The van der Waals surface area contributed by atoms with Gasteiger partial charge in [0.15, 0.2) is 23.3 Å². The normalized spacial score (nSPS) is 15.8. The molecule has 0 spiro atoms. The summed E-state index contributed by atoms with van der Waals surface area (Å²) in [5.74, 6) is -0.719. The summed E-state index contributed by atoms with van der Waals surface area (Å²) in [7, 11) is 1.25. The molecule has 0 aromatic heterocycles. The van der Waals surface area contributed by atoms with Gasteiger partial charge >= 0.3 is 5.97 Å². The molecule has 2 aromatic rings. The van der Waals surface area contributed by atoms with Crippen LogP contribution in [0.15, 0.2) is 46.3 Å². The summed E-state index contributed by atoms with van der Waals surface area (Å²) in [6.07, 6.45) is 1.63. The molecule has 10 heteroatoms. The molecule has 162 valence electrons. The molecule has 1 saturated heterocycles. The van der Waals surface area contributed by atoms with Crippen LogP contribution >= 0.6 is 23.4 Å². The quantitative estimate of drug-likeness (QED) is 0.485. The standard InChI is InChI=1S/C21H18ClFN2O5S/c1-3-29-16-9-12(8-15(22)19(16)30-11-18(26)28-2)10-17-20(27)25-21(31-17)24-14-6-4-13(23)5-7-14/h4-10H,3,11H2,1-2H3,(H,24,25,27)/b17-10+. The molecular weight excluding hydrogens is 447 g/mol. The van der Waals surface area contributed by atoms with Gasteiger partial charge in [-0.2, -0.15) is 0 Å². The van der Waals surface area contributed by atoms with E-state index < -0.39 is 5.97 Å². The van der Waals surface area contributed by atoms with Crippen LogP contribution in [0.25, 0.3) is 6.08 Å². The second kappa shape index (κ2) is 10.3. The fourth-order valence-corrected chi connectivity index (χ4v) is 3.64. The Bertz CT molecular complexity index is 1060. The Hall–Kier alpha value is -3.04. The van der Waals surface area contributed by atoms with Crippen LogP contribution in [0.3, 0.4) is 0 Å². The fourth-order valence-electron chi connectivity index (χ4n) is 2.53. The molecule has 0 saturated carbocycles. The smallest absolute Gasteiger partial charge is 0.343 e. The number of nitrogens with one attached hydrogen (secondary N) is 1. The number of halogens is 2. The van der Waals surface area contributed by atoms with Crippen molar-refractivity contribution in [3.05, 3.63) is 57.7 Å². The third-order valence-corrected chi connectivity index (χ3v) is 5.09. The number of ether oxygens (including phenoxy) is 3. The zero-order valence-electron chi connectivity index (χ0n) is 16.6. The highest BCUT2D eigenvalue weighted by atomic mass is 35.5.